The molecule has 4 heterocycles. The van der Waals surface area contributed by atoms with Gasteiger partial charge in [0.25, 0.3) is 0 Å². The van der Waals surface area contributed by atoms with E-state index in [9.17, 15) is 19.5 Å². The average Bonchev–Trinajstić information content (AvgIpc) is 3.75. The van der Waals surface area contributed by atoms with Gasteiger partial charge in [-0.25, -0.2) is 4.90 Å². The number of allylic oxidation sites excluding steroid dienone is 2. The molecule has 1 N–H and O–H groups in total. The monoisotopic (exact) mass is 698 g/mol. The molecule has 3 fully saturated rings. The van der Waals surface area contributed by atoms with Crippen LogP contribution in [0.4, 0.5) is 5.82 Å². The van der Waals surface area contributed by atoms with Gasteiger partial charge in [0.2, 0.25) is 23.6 Å². The van der Waals surface area contributed by atoms with Crippen LogP contribution in [0.1, 0.15) is 43.7 Å². The van der Waals surface area contributed by atoms with E-state index in [0.717, 1.165) is 26.1 Å². The molecule has 252 valence electrons. The van der Waals surface area contributed by atoms with Gasteiger partial charge in [-0.3, -0.25) is 28.8 Å². The van der Waals surface area contributed by atoms with Gasteiger partial charge in [-0.15, -0.1) is 11.3 Å². The molecule has 4 amide bonds. The van der Waals surface area contributed by atoms with E-state index in [0.29, 0.717) is 34.3 Å². The highest BCUT2D eigenvalue weighted by molar-refractivity contribution is 7.22. The van der Waals surface area contributed by atoms with Gasteiger partial charge in [-0.05, 0) is 80.8 Å². The largest absolute Gasteiger partial charge is 0.508 e. The Kier molecular flexibility index (Phi) is 7.14. The van der Waals surface area contributed by atoms with Crippen LogP contribution < -0.4 is 9.64 Å². The number of phenolic OH excluding ortho intramolecular Hbond substituents is 1. The highest BCUT2D eigenvalue weighted by atomic mass is 35.5. The summed E-state index contributed by atoms with van der Waals surface area (Å²) in [6, 6.07) is 12.4. The van der Waals surface area contributed by atoms with Crippen LogP contribution in [0.15, 0.2) is 54.1 Å². The molecule has 2 aliphatic carbocycles. The Morgan fingerprint density at radius 2 is 1.86 bits per heavy atom. The molecular weight excluding hydrogens is 664 g/mol. The Morgan fingerprint density at radius 3 is 2.59 bits per heavy atom. The highest BCUT2D eigenvalue weighted by Gasteiger charge is 2.68. The summed E-state index contributed by atoms with van der Waals surface area (Å²) in [5.74, 6) is -3.93. The number of benzene rings is 2. The molecule has 2 aromatic heterocycles. The van der Waals surface area contributed by atoms with Crippen molar-refractivity contribution in [2.45, 2.75) is 39.5 Å². The Bertz CT molecular complexity index is 2170. The maximum absolute atomic E-state index is 15.0. The number of fused-ring (bicyclic) bond motifs is 5. The summed E-state index contributed by atoms with van der Waals surface area (Å²) in [5, 5.41) is 17.8. The molecule has 2 saturated heterocycles. The number of anilines is 1. The molecule has 8 rings (SSSR count). The zero-order valence-electron chi connectivity index (χ0n) is 27.7. The number of imide groups is 2. The highest BCUT2D eigenvalue weighted by Crippen LogP contribution is 2.65. The Labute approximate surface area is 291 Å². The molecule has 4 aromatic rings. The molecule has 6 atom stereocenters. The van der Waals surface area contributed by atoms with Crippen LogP contribution in [0, 0.1) is 36.0 Å². The summed E-state index contributed by atoms with van der Waals surface area (Å²) in [5.41, 5.74) is 1.46. The van der Waals surface area contributed by atoms with Gasteiger partial charge in [0.15, 0.2) is 0 Å². The second-order valence-electron chi connectivity index (χ2n) is 13.7. The number of aryl methyl sites for hydroxylation is 2. The molecule has 2 aromatic carbocycles. The van der Waals surface area contributed by atoms with Crippen LogP contribution in [0.5, 0.6) is 11.5 Å². The molecule has 0 bridgehead atoms. The summed E-state index contributed by atoms with van der Waals surface area (Å²) in [4.78, 5) is 60.3. The third-order valence-corrected chi connectivity index (χ3v) is 13.0. The van der Waals surface area contributed by atoms with Gasteiger partial charge in [0, 0.05) is 40.9 Å². The number of methoxy groups -OCH3 is 1. The third kappa shape index (κ3) is 4.21. The first-order valence-corrected chi connectivity index (χ1v) is 17.6. The van der Waals surface area contributed by atoms with E-state index >= 15 is 4.79 Å². The lowest BCUT2D eigenvalue weighted by atomic mass is 9.51. The first-order valence-electron chi connectivity index (χ1n) is 16.4. The van der Waals surface area contributed by atoms with E-state index in [2.05, 4.69) is 0 Å². The number of aromatic hydroxyl groups is 1. The fourth-order valence-corrected chi connectivity index (χ4v) is 10.5. The fraction of sp³-hybridized carbons (Fsp3) is 0.378. The summed E-state index contributed by atoms with van der Waals surface area (Å²) < 4.78 is 8.35. The van der Waals surface area contributed by atoms with Crippen LogP contribution in [0.2, 0.25) is 5.02 Å². The van der Waals surface area contributed by atoms with Gasteiger partial charge in [0.05, 0.1) is 35.2 Å². The van der Waals surface area contributed by atoms with Crippen molar-refractivity contribution in [3.8, 4) is 22.1 Å². The molecule has 4 aliphatic rings. The van der Waals surface area contributed by atoms with Gasteiger partial charge in [-0.2, -0.15) is 5.10 Å². The Morgan fingerprint density at radius 1 is 1.08 bits per heavy atom. The van der Waals surface area contributed by atoms with Crippen LogP contribution in [-0.4, -0.2) is 57.1 Å². The zero-order chi connectivity index (χ0) is 34.7. The van der Waals surface area contributed by atoms with E-state index in [1.165, 1.54) is 16.9 Å². The molecular formula is C37H35ClN4O6S. The van der Waals surface area contributed by atoms with Gasteiger partial charge in [0.1, 0.15) is 23.0 Å². The lowest BCUT2D eigenvalue weighted by Gasteiger charge is -2.49. The SMILES string of the molecule is CCN1C(=O)[C@H]2[C@H](CC=C3[C@H]2C[C@H]2C(=O)N(c4cc(-c5sc6ccc(Cl)cc6c5C)nn4C)C(=O)[C@@]2(C)[C@H]3c2c(O)cccc2OC)C1=O. The van der Waals surface area contributed by atoms with Crippen molar-refractivity contribution in [3.63, 3.8) is 0 Å². The third-order valence-electron chi connectivity index (χ3n) is 11.4. The molecule has 12 heteroatoms. The lowest BCUT2D eigenvalue weighted by molar-refractivity contribution is -0.140. The smallest absolute Gasteiger partial charge is 0.242 e. The predicted molar refractivity (Wildman–Crippen MR) is 185 cm³/mol. The Balaban J connectivity index is 1.28. The van der Waals surface area contributed by atoms with Crippen LogP contribution in [0.25, 0.3) is 20.7 Å². The van der Waals surface area contributed by atoms with Crippen molar-refractivity contribution in [2.24, 2.45) is 36.1 Å². The van der Waals surface area contributed by atoms with Crippen molar-refractivity contribution in [1.82, 2.24) is 14.7 Å². The van der Waals surface area contributed by atoms with E-state index < -0.39 is 46.8 Å². The maximum atomic E-state index is 15.0. The topological polar surface area (TPSA) is 122 Å². The van der Waals surface area contributed by atoms with E-state index in [1.807, 2.05) is 31.2 Å². The predicted octanol–water partition coefficient (Wildman–Crippen LogP) is 6.23. The number of phenols is 1. The summed E-state index contributed by atoms with van der Waals surface area (Å²) in [7, 11) is 3.21. The normalized spacial score (nSPS) is 27.9. The number of halogens is 1. The number of likely N-dealkylation sites (tertiary alicyclic amines) is 1. The minimum absolute atomic E-state index is 0.0705. The van der Waals surface area contributed by atoms with Crippen LogP contribution >= 0.6 is 22.9 Å². The van der Waals surface area contributed by atoms with Gasteiger partial charge < -0.3 is 9.84 Å². The van der Waals surface area contributed by atoms with Crippen molar-refractivity contribution < 1.29 is 29.0 Å². The minimum Gasteiger partial charge on any atom is -0.508 e. The number of carbonyl (C=O) groups excluding carboxylic acids is 4. The number of nitrogens with zero attached hydrogens (tertiary/aromatic N) is 4. The van der Waals surface area contributed by atoms with Gasteiger partial charge in [-0.1, -0.05) is 29.3 Å². The summed E-state index contributed by atoms with van der Waals surface area (Å²) in [6.07, 6.45) is 2.52. The van der Waals surface area contributed by atoms with E-state index in [-0.39, 0.29) is 30.5 Å². The average molecular weight is 699 g/mol. The number of amides is 4. The van der Waals surface area contributed by atoms with Crippen molar-refractivity contribution in [1.29, 1.82) is 0 Å². The number of carbonyl (C=O) groups is 4. The molecule has 0 spiro atoms. The number of rotatable bonds is 5. The minimum atomic E-state index is -1.34. The van der Waals surface area contributed by atoms with Crippen LogP contribution in [-0.2, 0) is 26.2 Å². The second-order valence-corrected chi connectivity index (χ2v) is 15.2. The van der Waals surface area contributed by atoms with E-state index in [1.54, 1.807) is 61.2 Å². The molecule has 49 heavy (non-hydrogen) atoms. The summed E-state index contributed by atoms with van der Waals surface area (Å²) >= 11 is 7.86. The standard InChI is InChI=1S/C37H35ClN4O6S/c1-6-41-33(44)20-12-11-19-22(29(20)35(41)46)15-23-34(45)42(36(47)37(23,3)31(19)30-25(43)8-7-9-26(30)48-5)28-16-24(39-40(28)4)32-17(2)21-14-18(38)10-13-27(21)49-32/h7-11,13-14,16,20,22-23,29,31,43H,6,12,15H2,1-5H3/t20-,22+,23-,29-,31+,37+/m0/s1. The second kappa shape index (κ2) is 11.0. The van der Waals surface area contributed by atoms with Crippen molar-refractivity contribution in [2.75, 3.05) is 18.6 Å². The number of hydrogen-bond acceptors (Lipinski definition) is 8. The number of hydrogen-bond donors (Lipinski definition) is 1. The van der Waals surface area contributed by atoms with Gasteiger partial charge >= 0.3 is 0 Å². The first-order chi connectivity index (χ1) is 23.4. The number of aromatic nitrogens is 2. The first kappa shape index (κ1) is 31.8. The number of ether oxygens (including phenoxy) is 1. The zero-order valence-corrected chi connectivity index (χ0v) is 29.3. The van der Waals surface area contributed by atoms with Crippen molar-refractivity contribution in [3.05, 3.63) is 70.3 Å². The summed E-state index contributed by atoms with van der Waals surface area (Å²) in [6.45, 7) is 5.84. The fourth-order valence-electron chi connectivity index (χ4n) is 9.13. The molecule has 2 aliphatic heterocycles. The van der Waals surface area contributed by atoms with E-state index in [4.69, 9.17) is 21.4 Å². The van der Waals surface area contributed by atoms with Crippen molar-refractivity contribution >= 4 is 62.5 Å². The van der Waals surface area contributed by atoms with Crippen LogP contribution in [0.3, 0.4) is 0 Å². The molecule has 0 radical (unpaired) electrons. The Hall–Kier alpha value is -4.48. The number of thiophene rings is 1. The quantitative estimate of drug-likeness (QED) is 0.194. The molecule has 10 nitrogen and oxygen atoms in total. The molecule has 1 saturated carbocycles. The maximum Gasteiger partial charge on any atom is 0.242 e. The lowest BCUT2D eigenvalue weighted by Crippen LogP contribution is -2.49. The molecule has 0 unspecified atom stereocenters.